The lowest BCUT2D eigenvalue weighted by atomic mass is 10.1. The molecular weight excluding hydrogens is 368 g/mol. The topological polar surface area (TPSA) is 144 Å². The number of hydrogen-bond acceptors (Lipinski definition) is 10. The number of hydrogen-bond donors (Lipinski definition) is 1. The van der Waals surface area contributed by atoms with Gasteiger partial charge in [0, 0.05) is 26.2 Å². The van der Waals surface area contributed by atoms with E-state index in [0.29, 0.717) is 5.01 Å². The molecule has 142 valence electrons. The number of nitrogens with two attached hydrogens (primary N) is 1. The van der Waals surface area contributed by atoms with Gasteiger partial charge in [0.05, 0.1) is 0 Å². The standard InChI is InChI=1S/C15H18N2O8S/c1-6(18)22-4-10-11(23-7(2)19)12(24-8(3)20)13(25-10)15-17-9(5-26-15)14(16)21/h5,10-13H,4H2,1-3H3,(H2,16,21). The summed E-state index contributed by atoms with van der Waals surface area (Å²) in [5.74, 6) is -2.52. The van der Waals surface area contributed by atoms with E-state index in [1.54, 1.807) is 0 Å². The first-order valence-corrected chi connectivity index (χ1v) is 8.45. The number of nitrogens with zero attached hydrogens (tertiary/aromatic N) is 1. The van der Waals surface area contributed by atoms with Crippen molar-refractivity contribution in [2.45, 2.75) is 45.2 Å². The summed E-state index contributed by atoms with van der Waals surface area (Å²) in [6.45, 7) is 3.39. The summed E-state index contributed by atoms with van der Waals surface area (Å²) in [4.78, 5) is 49.4. The Kier molecular flexibility index (Phi) is 6.27. The molecule has 1 saturated heterocycles. The van der Waals surface area contributed by atoms with Gasteiger partial charge in [0.1, 0.15) is 23.4 Å². The fraction of sp³-hybridized carbons (Fsp3) is 0.533. The second-order valence-corrected chi connectivity index (χ2v) is 6.37. The Balaban J connectivity index is 2.33. The molecule has 0 aromatic carbocycles. The Morgan fingerprint density at radius 3 is 2.23 bits per heavy atom. The van der Waals surface area contributed by atoms with Crippen molar-refractivity contribution in [2.75, 3.05) is 6.61 Å². The van der Waals surface area contributed by atoms with E-state index in [1.807, 2.05) is 0 Å². The van der Waals surface area contributed by atoms with Crippen LogP contribution < -0.4 is 5.73 Å². The average molecular weight is 386 g/mol. The third-order valence-corrected chi connectivity index (χ3v) is 4.29. The monoisotopic (exact) mass is 386 g/mol. The minimum absolute atomic E-state index is 0.0302. The molecule has 0 spiro atoms. The predicted molar refractivity (Wildman–Crippen MR) is 86.0 cm³/mol. The summed E-state index contributed by atoms with van der Waals surface area (Å²) in [5.41, 5.74) is 5.23. The van der Waals surface area contributed by atoms with Crippen molar-refractivity contribution in [3.63, 3.8) is 0 Å². The lowest BCUT2D eigenvalue weighted by Crippen LogP contribution is -2.40. The van der Waals surface area contributed by atoms with Crippen molar-refractivity contribution in [1.29, 1.82) is 0 Å². The second kappa shape index (κ2) is 8.23. The SMILES string of the molecule is CC(=O)OCC1OC(c2nc(C(N)=O)cs2)C(OC(C)=O)C1OC(C)=O. The minimum Gasteiger partial charge on any atom is -0.463 e. The molecule has 11 heteroatoms. The highest BCUT2D eigenvalue weighted by Gasteiger charge is 2.51. The lowest BCUT2D eigenvalue weighted by Gasteiger charge is -2.22. The Bertz CT molecular complexity index is 718. The van der Waals surface area contributed by atoms with Crippen LogP contribution >= 0.6 is 11.3 Å². The summed E-state index contributed by atoms with van der Waals surface area (Å²) in [6.07, 6.45) is -3.83. The van der Waals surface area contributed by atoms with E-state index >= 15 is 0 Å². The van der Waals surface area contributed by atoms with E-state index in [9.17, 15) is 19.2 Å². The first kappa shape index (κ1) is 19.8. The van der Waals surface area contributed by atoms with Crippen LogP contribution in [0.5, 0.6) is 0 Å². The number of thiazole rings is 1. The summed E-state index contributed by atoms with van der Waals surface area (Å²) in [7, 11) is 0. The van der Waals surface area contributed by atoms with Crippen LogP contribution in [0, 0.1) is 0 Å². The van der Waals surface area contributed by atoms with Gasteiger partial charge in [-0.3, -0.25) is 19.2 Å². The van der Waals surface area contributed by atoms with Crippen LogP contribution in [0.25, 0.3) is 0 Å². The third-order valence-electron chi connectivity index (χ3n) is 3.38. The number of amides is 1. The molecular formula is C15H18N2O8S. The highest BCUT2D eigenvalue weighted by Crippen LogP contribution is 2.38. The van der Waals surface area contributed by atoms with Crippen molar-refractivity contribution >= 4 is 35.2 Å². The van der Waals surface area contributed by atoms with Crippen LogP contribution in [0.3, 0.4) is 0 Å². The zero-order valence-electron chi connectivity index (χ0n) is 14.3. The van der Waals surface area contributed by atoms with Gasteiger partial charge in [0.2, 0.25) is 0 Å². The fourth-order valence-electron chi connectivity index (χ4n) is 2.45. The zero-order valence-corrected chi connectivity index (χ0v) is 15.1. The number of carbonyl (C=O) groups is 4. The number of aromatic nitrogens is 1. The molecule has 1 amide bonds. The molecule has 2 heterocycles. The molecule has 0 saturated carbocycles. The molecule has 0 radical (unpaired) electrons. The molecule has 0 bridgehead atoms. The smallest absolute Gasteiger partial charge is 0.303 e. The van der Waals surface area contributed by atoms with Crippen molar-refractivity contribution < 1.29 is 38.1 Å². The van der Waals surface area contributed by atoms with E-state index in [4.69, 9.17) is 24.7 Å². The molecule has 1 fully saturated rings. The molecule has 1 aromatic rings. The number of rotatable bonds is 6. The Morgan fingerprint density at radius 2 is 1.73 bits per heavy atom. The van der Waals surface area contributed by atoms with Gasteiger partial charge in [0.15, 0.2) is 18.3 Å². The van der Waals surface area contributed by atoms with Crippen LogP contribution in [-0.4, -0.2) is 53.7 Å². The second-order valence-electron chi connectivity index (χ2n) is 5.48. The quantitative estimate of drug-likeness (QED) is 0.532. The van der Waals surface area contributed by atoms with Gasteiger partial charge < -0.3 is 24.7 Å². The molecule has 10 nitrogen and oxygen atoms in total. The van der Waals surface area contributed by atoms with E-state index in [0.717, 1.165) is 11.3 Å². The van der Waals surface area contributed by atoms with Crippen molar-refractivity contribution in [1.82, 2.24) is 4.98 Å². The Labute approximate surface area is 152 Å². The third kappa shape index (κ3) is 4.76. The maximum Gasteiger partial charge on any atom is 0.303 e. The van der Waals surface area contributed by atoms with Crippen LogP contribution in [0.2, 0.25) is 0 Å². The number of esters is 3. The zero-order chi connectivity index (χ0) is 19.4. The molecule has 1 aliphatic rings. The molecule has 2 rings (SSSR count). The molecule has 4 unspecified atom stereocenters. The van der Waals surface area contributed by atoms with Crippen LogP contribution in [0.15, 0.2) is 5.38 Å². The van der Waals surface area contributed by atoms with Gasteiger partial charge in [-0.2, -0.15) is 0 Å². The Morgan fingerprint density at radius 1 is 1.12 bits per heavy atom. The minimum atomic E-state index is -1.02. The van der Waals surface area contributed by atoms with Gasteiger partial charge in [-0.15, -0.1) is 11.3 Å². The summed E-state index contributed by atoms with van der Waals surface area (Å²) in [6, 6.07) is 0. The summed E-state index contributed by atoms with van der Waals surface area (Å²) < 4.78 is 21.2. The van der Waals surface area contributed by atoms with Gasteiger partial charge >= 0.3 is 17.9 Å². The molecule has 1 aromatic heterocycles. The van der Waals surface area contributed by atoms with E-state index in [2.05, 4.69) is 4.98 Å². The summed E-state index contributed by atoms with van der Waals surface area (Å²) in [5, 5.41) is 1.75. The predicted octanol–water partition coefficient (Wildman–Crippen LogP) is 0.108. The number of ether oxygens (including phenoxy) is 4. The summed E-state index contributed by atoms with van der Waals surface area (Å²) >= 11 is 1.08. The van der Waals surface area contributed by atoms with Crippen molar-refractivity contribution in [3.8, 4) is 0 Å². The largest absolute Gasteiger partial charge is 0.463 e. The van der Waals surface area contributed by atoms with Crippen LogP contribution in [0.1, 0.15) is 42.4 Å². The van der Waals surface area contributed by atoms with Crippen molar-refractivity contribution in [2.24, 2.45) is 5.73 Å². The molecule has 4 atom stereocenters. The highest BCUT2D eigenvalue weighted by atomic mass is 32.1. The maximum atomic E-state index is 11.5. The number of carbonyl (C=O) groups excluding carboxylic acids is 4. The van der Waals surface area contributed by atoms with Crippen LogP contribution in [-0.2, 0) is 33.3 Å². The normalized spacial score (nSPS) is 24.7. The lowest BCUT2D eigenvalue weighted by molar-refractivity contribution is -0.165. The van der Waals surface area contributed by atoms with Gasteiger partial charge in [-0.25, -0.2) is 4.98 Å². The van der Waals surface area contributed by atoms with Gasteiger partial charge in [0.25, 0.3) is 5.91 Å². The van der Waals surface area contributed by atoms with E-state index < -0.39 is 48.2 Å². The van der Waals surface area contributed by atoms with E-state index in [-0.39, 0.29) is 12.3 Å². The molecule has 1 aliphatic heterocycles. The van der Waals surface area contributed by atoms with Gasteiger partial charge in [-0.05, 0) is 0 Å². The molecule has 0 aliphatic carbocycles. The first-order valence-electron chi connectivity index (χ1n) is 7.57. The van der Waals surface area contributed by atoms with Crippen LogP contribution in [0.4, 0.5) is 0 Å². The average Bonchev–Trinajstić information content (AvgIpc) is 3.11. The maximum absolute atomic E-state index is 11.5. The van der Waals surface area contributed by atoms with E-state index in [1.165, 1.54) is 26.2 Å². The number of primary amides is 1. The van der Waals surface area contributed by atoms with Crippen molar-refractivity contribution in [3.05, 3.63) is 16.1 Å². The fourth-order valence-corrected chi connectivity index (χ4v) is 3.32. The Hall–Kier alpha value is -2.53. The van der Waals surface area contributed by atoms with Gasteiger partial charge in [-0.1, -0.05) is 0 Å². The first-order chi connectivity index (χ1) is 12.2. The highest BCUT2D eigenvalue weighted by molar-refractivity contribution is 7.09. The molecule has 26 heavy (non-hydrogen) atoms. The molecule has 2 N–H and O–H groups in total.